The third-order valence-electron chi connectivity index (χ3n) is 3.32. The number of hydrogen-bond acceptors (Lipinski definition) is 2. The highest BCUT2D eigenvalue weighted by atomic mass is 35.5. The standard InChI is InChI=1S/C12H24ClNO/c1-2-3-4-11-5-7-14(8-6-11)10-12(15)9-13/h11-12,15H,2-10H2,1H3/t12-/m0/s1. The normalized spacial score (nSPS) is 21.8. The summed E-state index contributed by atoms with van der Waals surface area (Å²) in [5.74, 6) is 1.28. The molecule has 0 aromatic heterocycles. The van der Waals surface area contributed by atoms with Gasteiger partial charge in [-0.3, -0.25) is 0 Å². The van der Waals surface area contributed by atoms with Gasteiger partial charge in [0.05, 0.1) is 6.10 Å². The minimum Gasteiger partial charge on any atom is -0.391 e. The predicted octanol–water partition coefficient (Wildman–Crippen LogP) is 2.49. The molecule has 1 aliphatic heterocycles. The monoisotopic (exact) mass is 233 g/mol. The van der Waals surface area contributed by atoms with Gasteiger partial charge < -0.3 is 10.0 Å². The zero-order valence-electron chi connectivity index (χ0n) is 9.79. The van der Waals surface area contributed by atoms with Gasteiger partial charge in [-0.05, 0) is 31.8 Å². The summed E-state index contributed by atoms with van der Waals surface area (Å²) < 4.78 is 0. The van der Waals surface area contributed by atoms with E-state index in [2.05, 4.69) is 11.8 Å². The topological polar surface area (TPSA) is 23.5 Å². The predicted molar refractivity (Wildman–Crippen MR) is 65.4 cm³/mol. The van der Waals surface area contributed by atoms with Crippen molar-refractivity contribution < 1.29 is 5.11 Å². The van der Waals surface area contributed by atoms with Gasteiger partial charge in [-0.2, -0.15) is 0 Å². The molecule has 90 valence electrons. The Balaban J connectivity index is 2.12. The molecule has 2 nitrogen and oxygen atoms in total. The smallest absolute Gasteiger partial charge is 0.0802 e. The number of nitrogens with zero attached hydrogens (tertiary/aromatic N) is 1. The van der Waals surface area contributed by atoms with Crippen LogP contribution < -0.4 is 0 Å². The average molecular weight is 234 g/mol. The van der Waals surface area contributed by atoms with Crippen molar-refractivity contribution >= 4 is 11.6 Å². The SMILES string of the molecule is CCCCC1CCN(C[C@@H](O)CCl)CC1. The number of likely N-dealkylation sites (tertiary alicyclic amines) is 1. The van der Waals surface area contributed by atoms with E-state index >= 15 is 0 Å². The highest BCUT2D eigenvalue weighted by molar-refractivity contribution is 6.18. The number of alkyl halides is 1. The van der Waals surface area contributed by atoms with Crippen LogP contribution in [0.5, 0.6) is 0 Å². The van der Waals surface area contributed by atoms with E-state index in [-0.39, 0.29) is 6.10 Å². The van der Waals surface area contributed by atoms with Crippen molar-refractivity contribution in [1.29, 1.82) is 0 Å². The second-order valence-corrected chi connectivity index (χ2v) is 5.00. The van der Waals surface area contributed by atoms with Crippen LogP contribution in [0, 0.1) is 5.92 Å². The van der Waals surface area contributed by atoms with E-state index in [9.17, 15) is 5.11 Å². The number of piperidine rings is 1. The maximum atomic E-state index is 9.44. The number of hydrogen-bond donors (Lipinski definition) is 1. The first kappa shape index (κ1) is 13.3. The molecule has 3 heteroatoms. The van der Waals surface area contributed by atoms with Crippen LogP contribution in [0.15, 0.2) is 0 Å². The zero-order valence-corrected chi connectivity index (χ0v) is 10.5. The number of unbranched alkanes of at least 4 members (excludes halogenated alkanes) is 1. The van der Waals surface area contributed by atoms with Crippen LogP contribution >= 0.6 is 11.6 Å². The van der Waals surface area contributed by atoms with Crippen LogP contribution in [-0.4, -0.2) is 41.6 Å². The van der Waals surface area contributed by atoms with Crippen molar-refractivity contribution in [2.45, 2.75) is 45.1 Å². The van der Waals surface area contributed by atoms with Crippen molar-refractivity contribution in [3.63, 3.8) is 0 Å². The molecule has 0 bridgehead atoms. The van der Waals surface area contributed by atoms with Crippen LogP contribution in [0.2, 0.25) is 0 Å². The molecule has 1 saturated heterocycles. The van der Waals surface area contributed by atoms with Gasteiger partial charge in [-0.15, -0.1) is 11.6 Å². The third kappa shape index (κ3) is 5.19. The molecule has 0 spiro atoms. The number of aliphatic hydroxyl groups excluding tert-OH is 1. The van der Waals surface area contributed by atoms with Gasteiger partial charge in [0.15, 0.2) is 0 Å². The maximum Gasteiger partial charge on any atom is 0.0802 e. The van der Waals surface area contributed by atoms with Gasteiger partial charge in [0.25, 0.3) is 0 Å². The van der Waals surface area contributed by atoms with Gasteiger partial charge in [0, 0.05) is 12.4 Å². The Labute approximate surface area is 98.6 Å². The van der Waals surface area contributed by atoms with Crippen LogP contribution in [-0.2, 0) is 0 Å². The Bertz CT molecular complexity index is 158. The largest absolute Gasteiger partial charge is 0.391 e. The number of aliphatic hydroxyl groups is 1. The van der Waals surface area contributed by atoms with Crippen LogP contribution in [0.25, 0.3) is 0 Å². The molecule has 0 saturated carbocycles. The summed E-state index contributed by atoms with van der Waals surface area (Å²) in [6.45, 7) is 5.29. The van der Waals surface area contributed by atoms with E-state index in [1.54, 1.807) is 0 Å². The van der Waals surface area contributed by atoms with Gasteiger partial charge in [-0.1, -0.05) is 26.2 Å². The highest BCUT2D eigenvalue weighted by Gasteiger charge is 2.19. The molecule has 0 aromatic carbocycles. The molecule has 1 aliphatic rings. The molecular weight excluding hydrogens is 210 g/mol. The molecule has 1 fully saturated rings. The second kappa shape index (κ2) is 7.48. The Kier molecular flexibility index (Phi) is 6.62. The van der Waals surface area contributed by atoms with E-state index in [0.29, 0.717) is 5.88 Å². The van der Waals surface area contributed by atoms with Gasteiger partial charge in [-0.25, -0.2) is 0 Å². The molecule has 1 heterocycles. The Morgan fingerprint density at radius 3 is 2.60 bits per heavy atom. The minimum atomic E-state index is -0.348. The summed E-state index contributed by atoms with van der Waals surface area (Å²) in [5.41, 5.74) is 0. The van der Waals surface area contributed by atoms with Crippen molar-refractivity contribution in [1.82, 2.24) is 4.90 Å². The van der Waals surface area contributed by atoms with Crippen molar-refractivity contribution in [3.05, 3.63) is 0 Å². The molecule has 0 aromatic rings. The quantitative estimate of drug-likeness (QED) is 0.713. The van der Waals surface area contributed by atoms with Crippen molar-refractivity contribution in [2.75, 3.05) is 25.5 Å². The van der Waals surface area contributed by atoms with E-state index < -0.39 is 0 Å². The molecule has 1 N–H and O–H groups in total. The molecule has 0 radical (unpaired) electrons. The fraction of sp³-hybridized carbons (Fsp3) is 1.00. The summed E-state index contributed by atoms with van der Waals surface area (Å²) in [5, 5.41) is 9.44. The fourth-order valence-electron chi connectivity index (χ4n) is 2.30. The van der Waals surface area contributed by atoms with E-state index in [4.69, 9.17) is 11.6 Å². The lowest BCUT2D eigenvalue weighted by atomic mass is 9.91. The lowest BCUT2D eigenvalue weighted by Gasteiger charge is -2.32. The zero-order chi connectivity index (χ0) is 11.1. The first-order valence-corrected chi connectivity index (χ1v) is 6.76. The minimum absolute atomic E-state index is 0.348. The Hall–Kier alpha value is 0.210. The molecule has 1 rings (SSSR count). The lowest BCUT2D eigenvalue weighted by molar-refractivity contribution is 0.0999. The molecular formula is C12H24ClNO. The molecule has 0 unspecified atom stereocenters. The van der Waals surface area contributed by atoms with Gasteiger partial charge in [0.2, 0.25) is 0 Å². The maximum absolute atomic E-state index is 9.44. The van der Waals surface area contributed by atoms with Crippen molar-refractivity contribution in [3.8, 4) is 0 Å². The van der Waals surface area contributed by atoms with E-state index in [1.807, 2.05) is 0 Å². The summed E-state index contributed by atoms with van der Waals surface area (Å²) >= 11 is 5.59. The summed E-state index contributed by atoms with van der Waals surface area (Å²) in [4.78, 5) is 2.34. The van der Waals surface area contributed by atoms with Crippen LogP contribution in [0.1, 0.15) is 39.0 Å². The van der Waals surface area contributed by atoms with Crippen LogP contribution in [0.4, 0.5) is 0 Å². The first-order chi connectivity index (χ1) is 7.26. The van der Waals surface area contributed by atoms with Crippen molar-refractivity contribution in [2.24, 2.45) is 5.92 Å². The van der Waals surface area contributed by atoms with Crippen LogP contribution in [0.3, 0.4) is 0 Å². The second-order valence-electron chi connectivity index (χ2n) is 4.69. The third-order valence-corrected chi connectivity index (χ3v) is 3.68. The molecule has 1 atom stereocenters. The summed E-state index contributed by atoms with van der Waals surface area (Å²) in [6.07, 6.45) is 6.32. The molecule has 0 amide bonds. The lowest BCUT2D eigenvalue weighted by Crippen LogP contribution is -2.39. The highest BCUT2D eigenvalue weighted by Crippen LogP contribution is 2.22. The van der Waals surface area contributed by atoms with Gasteiger partial charge in [0.1, 0.15) is 0 Å². The Morgan fingerprint density at radius 2 is 2.07 bits per heavy atom. The van der Waals surface area contributed by atoms with Gasteiger partial charge >= 0.3 is 0 Å². The fourth-order valence-corrected chi connectivity index (χ4v) is 2.39. The Morgan fingerprint density at radius 1 is 1.40 bits per heavy atom. The first-order valence-electron chi connectivity index (χ1n) is 6.22. The summed E-state index contributed by atoms with van der Waals surface area (Å²) in [7, 11) is 0. The average Bonchev–Trinajstić information content (AvgIpc) is 2.28. The number of rotatable bonds is 6. The summed E-state index contributed by atoms with van der Waals surface area (Å²) in [6, 6.07) is 0. The van der Waals surface area contributed by atoms with E-state index in [0.717, 1.165) is 25.6 Å². The molecule has 15 heavy (non-hydrogen) atoms. The number of halogens is 1. The van der Waals surface area contributed by atoms with E-state index in [1.165, 1.54) is 32.1 Å². The molecule has 0 aliphatic carbocycles. The number of β-amino-alcohol motifs (C(OH)–C–C–N with tert-alkyl or cyclic N) is 1.